The number of hydrogen-bond acceptors (Lipinski definition) is 3. The first-order valence-electron chi connectivity index (χ1n) is 6.75. The molecule has 0 aliphatic heterocycles. The van der Waals surface area contributed by atoms with Crippen LogP contribution >= 0.6 is 11.6 Å². The normalized spacial score (nSPS) is 11.2. The van der Waals surface area contributed by atoms with Crippen LogP contribution in [0, 0.1) is 0 Å². The third-order valence-electron chi connectivity index (χ3n) is 2.85. The quantitative estimate of drug-likeness (QED) is 0.842. The Balaban J connectivity index is 2.79. The molecule has 0 unspecified atom stereocenters. The molecule has 1 N–H and O–H groups in total. The van der Waals surface area contributed by atoms with Crippen LogP contribution in [0.1, 0.15) is 27.2 Å². The molecule has 20 heavy (non-hydrogen) atoms. The lowest BCUT2D eigenvalue weighted by molar-refractivity contribution is -0.146. The molecule has 1 rings (SSSR count). The molecule has 1 aromatic rings. The predicted octanol–water partition coefficient (Wildman–Crippen LogP) is 2.73. The van der Waals surface area contributed by atoms with Gasteiger partial charge in [-0.3, -0.25) is 4.79 Å². The molecule has 0 aliphatic carbocycles. The van der Waals surface area contributed by atoms with Crippen molar-refractivity contribution in [2.45, 2.75) is 32.8 Å². The average Bonchev–Trinajstić information content (AvgIpc) is 2.40. The molecular formula is C15H22ClNO3. The maximum Gasteiger partial charge on any atom is 0.266 e. The van der Waals surface area contributed by atoms with Gasteiger partial charge in [0, 0.05) is 18.1 Å². The standard InChI is InChI=1S/C15H22ClNO3/c1-4-9-17(10-11-18)14(19)15(2,3)20-13-7-5-12(16)6-8-13/h5-8,18H,4,9-11H2,1-3H3. The largest absolute Gasteiger partial charge is 0.478 e. The monoisotopic (exact) mass is 299 g/mol. The van der Waals surface area contributed by atoms with Gasteiger partial charge in [-0.2, -0.15) is 0 Å². The van der Waals surface area contributed by atoms with Crippen molar-refractivity contribution in [2.75, 3.05) is 19.7 Å². The number of carbonyl (C=O) groups excluding carboxylic acids is 1. The minimum Gasteiger partial charge on any atom is -0.478 e. The van der Waals surface area contributed by atoms with Crippen LogP contribution in [0.5, 0.6) is 5.75 Å². The zero-order chi connectivity index (χ0) is 15.2. The van der Waals surface area contributed by atoms with Crippen LogP contribution in [0.25, 0.3) is 0 Å². The van der Waals surface area contributed by atoms with E-state index in [0.717, 1.165) is 6.42 Å². The highest BCUT2D eigenvalue weighted by molar-refractivity contribution is 6.30. The zero-order valence-corrected chi connectivity index (χ0v) is 13.0. The minimum absolute atomic E-state index is 0.0528. The molecule has 0 aliphatic rings. The number of aliphatic hydroxyl groups is 1. The molecule has 1 aromatic carbocycles. The van der Waals surface area contributed by atoms with Crippen LogP contribution in [0.3, 0.4) is 0 Å². The summed E-state index contributed by atoms with van der Waals surface area (Å²) in [6.07, 6.45) is 0.836. The van der Waals surface area contributed by atoms with Crippen molar-refractivity contribution in [2.24, 2.45) is 0 Å². The number of nitrogens with zero attached hydrogens (tertiary/aromatic N) is 1. The molecule has 0 saturated heterocycles. The Kier molecular flexibility index (Phi) is 6.30. The summed E-state index contributed by atoms with van der Waals surface area (Å²) < 4.78 is 5.76. The molecule has 0 radical (unpaired) electrons. The van der Waals surface area contributed by atoms with Crippen molar-refractivity contribution in [1.29, 1.82) is 0 Å². The van der Waals surface area contributed by atoms with Crippen LogP contribution in [0.15, 0.2) is 24.3 Å². The van der Waals surface area contributed by atoms with Gasteiger partial charge in [-0.15, -0.1) is 0 Å². The Hall–Kier alpha value is -1.26. The van der Waals surface area contributed by atoms with Gasteiger partial charge in [-0.25, -0.2) is 0 Å². The van der Waals surface area contributed by atoms with E-state index < -0.39 is 5.60 Å². The lowest BCUT2D eigenvalue weighted by Gasteiger charge is -2.32. The van der Waals surface area contributed by atoms with Crippen molar-refractivity contribution < 1.29 is 14.6 Å². The first-order valence-corrected chi connectivity index (χ1v) is 7.13. The number of hydrogen-bond donors (Lipinski definition) is 1. The van der Waals surface area contributed by atoms with E-state index in [0.29, 0.717) is 23.9 Å². The third-order valence-corrected chi connectivity index (χ3v) is 3.10. The molecule has 4 nitrogen and oxygen atoms in total. The highest BCUT2D eigenvalue weighted by Gasteiger charge is 2.33. The molecule has 0 atom stereocenters. The number of carbonyl (C=O) groups is 1. The van der Waals surface area contributed by atoms with Crippen molar-refractivity contribution in [3.05, 3.63) is 29.3 Å². The Bertz CT molecular complexity index is 425. The summed E-state index contributed by atoms with van der Waals surface area (Å²) in [5, 5.41) is 9.67. The smallest absolute Gasteiger partial charge is 0.266 e. The minimum atomic E-state index is -0.988. The van der Waals surface area contributed by atoms with Gasteiger partial charge < -0.3 is 14.7 Å². The summed E-state index contributed by atoms with van der Waals surface area (Å²) in [4.78, 5) is 14.1. The van der Waals surface area contributed by atoms with E-state index in [-0.39, 0.29) is 12.5 Å². The maximum atomic E-state index is 12.5. The van der Waals surface area contributed by atoms with Gasteiger partial charge in [-0.05, 0) is 44.5 Å². The van der Waals surface area contributed by atoms with Gasteiger partial charge in [0.25, 0.3) is 5.91 Å². The van der Waals surface area contributed by atoms with Gasteiger partial charge in [-0.1, -0.05) is 18.5 Å². The molecule has 0 spiro atoms. The summed E-state index contributed by atoms with van der Waals surface area (Å²) in [5.41, 5.74) is -0.988. The first kappa shape index (κ1) is 16.8. The van der Waals surface area contributed by atoms with Crippen LogP contribution in [-0.2, 0) is 4.79 Å². The Morgan fingerprint density at radius 1 is 1.30 bits per heavy atom. The van der Waals surface area contributed by atoms with Crippen molar-refractivity contribution in [3.8, 4) is 5.75 Å². The van der Waals surface area contributed by atoms with Gasteiger partial charge in [0.15, 0.2) is 5.60 Å². The molecular weight excluding hydrogens is 278 g/mol. The van der Waals surface area contributed by atoms with E-state index in [2.05, 4.69) is 0 Å². The number of benzene rings is 1. The molecule has 0 heterocycles. The summed E-state index contributed by atoms with van der Waals surface area (Å²) in [6.45, 7) is 6.31. The lowest BCUT2D eigenvalue weighted by Crippen LogP contribution is -2.50. The number of aliphatic hydroxyl groups excluding tert-OH is 1. The summed E-state index contributed by atoms with van der Waals surface area (Å²) in [7, 11) is 0. The summed E-state index contributed by atoms with van der Waals surface area (Å²) in [6, 6.07) is 6.89. The Morgan fingerprint density at radius 2 is 1.90 bits per heavy atom. The van der Waals surface area contributed by atoms with Crippen molar-refractivity contribution >= 4 is 17.5 Å². The van der Waals surface area contributed by atoms with Crippen LogP contribution in [0.2, 0.25) is 5.02 Å². The predicted molar refractivity (Wildman–Crippen MR) is 80.1 cm³/mol. The molecule has 1 amide bonds. The van der Waals surface area contributed by atoms with E-state index in [4.69, 9.17) is 21.4 Å². The fourth-order valence-electron chi connectivity index (χ4n) is 1.93. The fourth-order valence-corrected chi connectivity index (χ4v) is 2.05. The average molecular weight is 300 g/mol. The maximum absolute atomic E-state index is 12.5. The van der Waals surface area contributed by atoms with Crippen LogP contribution in [0.4, 0.5) is 0 Å². The van der Waals surface area contributed by atoms with Crippen molar-refractivity contribution in [3.63, 3.8) is 0 Å². The molecule has 0 fully saturated rings. The molecule has 5 heteroatoms. The molecule has 112 valence electrons. The Morgan fingerprint density at radius 3 is 2.40 bits per heavy atom. The number of rotatable bonds is 7. The van der Waals surface area contributed by atoms with Gasteiger partial charge >= 0.3 is 0 Å². The molecule has 0 bridgehead atoms. The lowest BCUT2D eigenvalue weighted by atomic mass is 10.1. The van der Waals surface area contributed by atoms with Gasteiger partial charge in [0.1, 0.15) is 5.75 Å². The fraction of sp³-hybridized carbons (Fsp3) is 0.533. The van der Waals surface area contributed by atoms with Crippen LogP contribution in [-0.4, -0.2) is 41.2 Å². The summed E-state index contributed by atoms with van der Waals surface area (Å²) in [5.74, 6) is 0.455. The Labute approximate surface area is 125 Å². The van der Waals surface area contributed by atoms with E-state index in [1.807, 2.05) is 6.92 Å². The highest BCUT2D eigenvalue weighted by atomic mass is 35.5. The van der Waals surface area contributed by atoms with E-state index in [1.54, 1.807) is 43.0 Å². The zero-order valence-electron chi connectivity index (χ0n) is 12.2. The third kappa shape index (κ3) is 4.69. The molecule has 0 aromatic heterocycles. The van der Waals surface area contributed by atoms with E-state index >= 15 is 0 Å². The number of amides is 1. The summed E-state index contributed by atoms with van der Waals surface area (Å²) >= 11 is 5.82. The molecule has 0 saturated carbocycles. The van der Waals surface area contributed by atoms with E-state index in [9.17, 15) is 4.79 Å². The van der Waals surface area contributed by atoms with Gasteiger partial charge in [0.05, 0.1) is 6.61 Å². The van der Waals surface area contributed by atoms with Crippen LogP contribution < -0.4 is 4.74 Å². The highest BCUT2D eigenvalue weighted by Crippen LogP contribution is 2.22. The van der Waals surface area contributed by atoms with E-state index in [1.165, 1.54) is 0 Å². The topological polar surface area (TPSA) is 49.8 Å². The SMILES string of the molecule is CCCN(CCO)C(=O)C(C)(C)Oc1ccc(Cl)cc1. The second-order valence-corrected chi connectivity index (χ2v) is 5.52. The van der Waals surface area contributed by atoms with Gasteiger partial charge in [0.2, 0.25) is 0 Å². The second kappa shape index (κ2) is 7.50. The first-order chi connectivity index (χ1) is 9.40. The van der Waals surface area contributed by atoms with Crippen molar-refractivity contribution in [1.82, 2.24) is 4.90 Å². The number of ether oxygens (including phenoxy) is 1. The number of halogens is 1. The second-order valence-electron chi connectivity index (χ2n) is 5.08.